The first-order chi connectivity index (χ1) is 7.75. The van der Waals surface area contributed by atoms with E-state index in [-0.39, 0.29) is 11.2 Å². The smallest absolute Gasteiger partial charge is 0.123 e. The van der Waals surface area contributed by atoms with Gasteiger partial charge in [-0.05, 0) is 29.7 Å². The zero-order chi connectivity index (χ0) is 11.4. The topological polar surface area (TPSA) is 0 Å². The third-order valence-corrected chi connectivity index (χ3v) is 2.87. The fourth-order valence-electron chi connectivity index (χ4n) is 1.64. The molecule has 0 fully saturated rings. The van der Waals surface area contributed by atoms with Crippen LogP contribution in [-0.2, 0) is 6.42 Å². The fourth-order valence-corrected chi connectivity index (χ4v) is 1.95. The van der Waals surface area contributed by atoms with Gasteiger partial charge in [-0.25, -0.2) is 4.39 Å². The van der Waals surface area contributed by atoms with Gasteiger partial charge in [-0.15, -0.1) is 11.6 Å². The first-order valence-electron chi connectivity index (χ1n) is 5.19. The molecule has 0 aliphatic heterocycles. The molecule has 0 saturated heterocycles. The van der Waals surface area contributed by atoms with Gasteiger partial charge in [-0.1, -0.05) is 42.5 Å². The van der Waals surface area contributed by atoms with Crippen LogP contribution in [0, 0.1) is 5.82 Å². The summed E-state index contributed by atoms with van der Waals surface area (Å²) in [6, 6.07) is 16.4. The maximum absolute atomic E-state index is 13.0. The number of halogens is 2. The zero-order valence-electron chi connectivity index (χ0n) is 8.74. The molecule has 82 valence electrons. The molecule has 0 spiro atoms. The van der Waals surface area contributed by atoms with E-state index in [1.807, 2.05) is 36.4 Å². The second-order valence-corrected chi connectivity index (χ2v) is 4.24. The van der Waals surface area contributed by atoms with Crippen LogP contribution in [0.5, 0.6) is 0 Å². The van der Waals surface area contributed by atoms with E-state index in [0.29, 0.717) is 6.42 Å². The summed E-state index contributed by atoms with van der Waals surface area (Å²) in [5.74, 6) is -0.240. The molecular formula is C14H12ClF. The molecule has 0 aliphatic carbocycles. The van der Waals surface area contributed by atoms with Gasteiger partial charge in [0.1, 0.15) is 5.82 Å². The molecule has 1 atom stereocenters. The standard InChI is InChI=1S/C14H12ClF/c15-14(9-11-5-2-1-3-6-11)12-7-4-8-13(16)10-12/h1-8,10,14H,9H2. The van der Waals surface area contributed by atoms with Gasteiger partial charge in [0, 0.05) is 0 Å². The fraction of sp³-hybridized carbons (Fsp3) is 0.143. The Morgan fingerprint density at radius 1 is 1.00 bits per heavy atom. The Morgan fingerprint density at radius 2 is 1.75 bits per heavy atom. The van der Waals surface area contributed by atoms with E-state index in [1.165, 1.54) is 12.1 Å². The Kier molecular flexibility index (Phi) is 3.58. The van der Waals surface area contributed by atoms with E-state index in [9.17, 15) is 4.39 Å². The molecule has 0 nitrogen and oxygen atoms in total. The molecule has 0 aliphatic rings. The second-order valence-electron chi connectivity index (χ2n) is 3.71. The molecule has 2 aromatic rings. The van der Waals surface area contributed by atoms with Gasteiger partial charge in [0.15, 0.2) is 0 Å². The lowest BCUT2D eigenvalue weighted by Gasteiger charge is -2.09. The van der Waals surface area contributed by atoms with Crippen LogP contribution in [0.4, 0.5) is 4.39 Å². The first kappa shape index (κ1) is 11.2. The normalized spacial score (nSPS) is 12.4. The van der Waals surface area contributed by atoms with Gasteiger partial charge >= 0.3 is 0 Å². The van der Waals surface area contributed by atoms with Crippen LogP contribution in [0.15, 0.2) is 54.6 Å². The maximum Gasteiger partial charge on any atom is 0.123 e. The first-order valence-corrected chi connectivity index (χ1v) is 5.63. The van der Waals surface area contributed by atoms with Crippen LogP contribution >= 0.6 is 11.6 Å². The maximum atomic E-state index is 13.0. The lowest BCUT2D eigenvalue weighted by Crippen LogP contribution is -1.96. The number of rotatable bonds is 3. The SMILES string of the molecule is Fc1cccc(C(Cl)Cc2ccccc2)c1. The number of benzene rings is 2. The van der Waals surface area contributed by atoms with Crippen molar-refractivity contribution < 1.29 is 4.39 Å². The van der Waals surface area contributed by atoms with Crippen molar-refractivity contribution in [1.82, 2.24) is 0 Å². The van der Waals surface area contributed by atoms with E-state index < -0.39 is 0 Å². The summed E-state index contributed by atoms with van der Waals surface area (Å²) in [6.45, 7) is 0. The van der Waals surface area contributed by atoms with Crippen molar-refractivity contribution in [2.24, 2.45) is 0 Å². The van der Waals surface area contributed by atoms with Crippen molar-refractivity contribution >= 4 is 11.6 Å². The summed E-state index contributed by atoms with van der Waals surface area (Å²) >= 11 is 6.25. The molecule has 0 N–H and O–H groups in total. The largest absolute Gasteiger partial charge is 0.207 e. The van der Waals surface area contributed by atoms with E-state index >= 15 is 0 Å². The predicted molar refractivity (Wildman–Crippen MR) is 65.1 cm³/mol. The zero-order valence-corrected chi connectivity index (χ0v) is 9.49. The minimum Gasteiger partial charge on any atom is -0.207 e. The molecule has 2 rings (SSSR count). The summed E-state index contributed by atoms with van der Waals surface area (Å²) in [5, 5.41) is -0.182. The Hall–Kier alpha value is -1.34. The van der Waals surface area contributed by atoms with Crippen LogP contribution in [0.3, 0.4) is 0 Å². The highest BCUT2D eigenvalue weighted by molar-refractivity contribution is 6.20. The summed E-state index contributed by atoms with van der Waals surface area (Å²) in [4.78, 5) is 0. The third-order valence-electron chi connectivity index (χ3n) is 2.47. The minimum absolute atomic E-state index is 0.182. The van der Waals surface area contributed by atoms with E-state index in [2.05, 4.69) is 0 Å². The molecule has 2 aromatic carbocycles. The van der Waals surface area contributed by atoms with Crippen molar-refractivity contribution in [3.05, 3.63) is 71.5 Å². The molecule has 16 heavy (non-hydrogen) atoms. The third kappa shape index (κ3) is 2.83. The molecular weight excluding hydrogens is 223 g/mol. The molecule has 0 amide bonds. The number of alkyl halides is 1. The van der Waals surface area contributed by atoms with Gasteiger partial charge in [-0.3, -0.25) is 0 Å². The van der Waals surface area contributed by atoms with Crippen molar-refractivity contribution in [3.8, 4) is 0 Å². The van der Waals surface area contributed by atoms with Gasteiger partial charge in [0.25, 0.3) is 0 Å². The average molecular weight is 235 g/mol. The highest BCUT2D eigenvalue weighted by Gasteiger charge is 2.09. The molecule has 0 aromatic heterocycles. The van der Waals surface area contributed by atoms with Crippen molar-refractivity contribution in [2.45, 2.75) is 11.8 Å². The van der Waals surface area contributed by atoms with Crippen LogP contribution in [0.2, 0.25) is 0 Å². The van der Waals surface area contributed by atoms with Gasteiger partial charge in [0.05, 0.1) is 5.38 Å². The van der Waals surface area contributed by atoms with E-state index in [1.54, 1.807) is 6.07 Å². The van der Waals surface area contributed by atoms with E-state index in [4.69, 9.17) is 11.6 Å². The Bertz CT molecular complexity index is 453. The van der Waals surface area contributed by atoms with Crippen molar-refractivity contribution in [1.29, 1.82) is 0 Å². The monoisotopic (exact) mass is 234 g/mol. The van der Waals surface area contributed by atoms with Gasteiger partial charge in [-0.2, -0.15) is 0 Å². The van der Waals surface area contributed by atoms with E-state index in [0.717, 1.165) is 11.1 Å². The summed E-state index contributed by atoms with van der Waals surface area (Å²) < 4.78 is 13.0. The summed E-state index contributed by atoms with van der Waals surface area (Å²) in [6.07, 6.45) is 0.714. The van der Waals surface area contributed by atoms with Crippen LogP contribution in [0.1, 0.15) is 16.5 Å². The Morgan fingerprint density at radius 3 is 2.44 bits per heavy atom. The molecule has 0 bridgehead atoms. The quantitative estimate of drug-likeness (QED) is 0.693. The second kappa shape index (κ2) is 5.13. The Labute approximate surface area is 99.7 Å². The predicted octanol–water partition coefficient (Wildman–Crippen LogP) is 4.35. The molecule has 0 saturated carbocycles. The van der Waals surface area contributed by atoms with Crippen LogP contribution in [0.25, 0.3) is 0 Å². The lowest BCUT2D eigenvalue weighted by atomic mass is 10.0. The number of hydrogen-bond acceptors (Lipinski definition) is 0. The molecule has 0 heterocycles. The van der Waals surface area contributed by atoms with Gasteiger partial charge < -0.3 is 0 Å². The van der Waals surface area contributed by atoms with Crippen LogP contribution < -0.4 is 0 Å². The van der Waals surface area contributed by atoms with Gasteiger partial charge in [0.2, 0.25) is 0 Å². The molecule has 0 radical (unpaired) electrons. The number of hydrogen-bond donors (Lipinski definition) is 0. The highest BCUT2D eigenvalue weighted by Crippen LogP contribution is 2.25. The average Bonchev–Trinajstić information content (AvgIpc) is 2.30. The minimum atomic E-state index is -0.240. The highest BCUT2D eigenvalue weighted by atomic mass is 35.5. The summed E-state index contributed by atoms with van der Waals surface area (Å²) in [5.41, 5.74) is 1.98. The van der Waals surface area contributed by atoms with Crippen LogP contribution in [-0.4, -0.2) is 0 Å². The lowest BCUT2D eigenvalue weighted by molar-refractivity contribution is 0.624. The van der Waals surface area contributed by atoms with Crippen molar-refractivity contribution in [2.75, 3.05) is 0 Å². The Balaban J connectivity index is 2.12. The van der Waals surface area contributed by atoms with Crippen molar-refractivity contribution in [3.63, 3.8) is 0 Å². The summed E-state index contributed by atoms with van der Waals surface area (Å²) in [7, 11) is 0. The molecule has 1 unspecified atom stereocenters. The molecule has 2 heteroatoms.